The van der Waals surface area contributed by atoms with Gasteiger partial charge in [0.05, 0.1) is 12.2 Å². The second-order valence-electron chi connectivity index (χ2n) is 7.21. The number of rotatable bonds is 12. The fraction of sp³-hybridized carbons (Fsp3) is 0.700. The van der Waals surface area contributed by atoms with Crippen LogP contribution in [-0.2, 0) is 9.59 Å². The molecule has 0 bridgehead atoms. The summed E-state index contributed by atoms with van der Waals surface area (Å²) in [6.07, 6.45) is 5.19. The summed E-state index contributed by atoms with van der Waals surface area (Å²) < 4.78 is 0. The van der Waals surface area contributed by atoms with Crippen LogP contribution in [0.25, 0.3) is 0 Å². The van der Waals surface area contributed by atoms with Gasteiger partial charge in [0, 0.05) is 37.5 Å². The number of ketones is 1. The highest BCUT2D eigenvalue weighted by molar-refractivity contribution is 5.85. The predicted octanol–water partition coefficient (Wildman–Crippen LogP) is 3.02. The summed E-state index contributed by atoms with van der Waals surface area (Å²) in [7, 11) is 0. The third-order valence-electron chi connectivity index (χ3n) is 4.94. The Balaban J connectivity index is 2.69. The number of carboxylic acid groups (broad SMARTS) is 1. The second kappa shape index (κ2) is 11.8. The Labute approximate surface area is 160 Å². The molecule has 0 amide bonds. The van der Waals surface area contributed by atoms with E-state index in [1.165, 1.54) is 0 Å². The minimum absolute atomic E-state index is 0.0121. The number of carboxylic acids is 1. The van der Waals surface area contributed by atoms with Gasteiger partial charge in [-0.3, -0.25) is 9.59 Å². The van der Waals surface area contributed by atoms with Crippen molar-refractivity contribution in [2.75, 3.05) is 0 Å². The van der Waals surface area contributed by atoms with Crippen LogP contribution in [-0.4, -0.2) is 49.5 Å². The molecule has 0 aliphatic heterocycles. The average molecular weight is 384 g/mol. The van der Waals surface area contributed by atoms with E-state index in [2.05, 4.69) is 6.92 Å². The first-order valence-electron chi connectivity index (χ1n) is 9.65. The zero-order chi connectivity index (χ0) is 20.4. The van der Waals surface area contributed by atoms with Crippen molar-refractivity contribution in [3.8, 4) is 0 Å². The van der Waals surface area contributed by atoms with Crippen molar-refractivity contribution >= 4 is 11.8 Å². The van der Waals surface area contributed by atoms with Crippen LogP contribution in [0.15, 0.2) is 23.7 Å². The largest absolute Gasteiger partial charge is 0.509 e. The molecular weight excluding hydrogens is 352 g/mol. The van der Waals surface area contributed by atoms with Crippen molar-refractivity contribution in [3.05, 3.63) is 23.7 Å². The van der Waals surface area contributed by atoms with Crippen LogP contribution in [0.4, 0.5) is 0 Å². The van der Waals surface area contributed by atoms with Crippen LogP contribution in [0.1, 0.15) is 64.7 Å². The maximum atomic E-state index is 12.2. The normalized spacial score (nSPS) is 25.0. The van der Waals surface area contributed by atoms with Crippen LogP contribution in [0.5, 0.6) is 0 Å². The number of carbonyl (C=O) groups is 2. The van der Waals surface area contributed by atoms with Crippen molar-refractivity contribution < 1.29 is 35.1 Å². The molecule has 1 rings (SSSR count). The summed E-state index contributed by atoms with van der Waals surface area (Å²) in [5.74, 6) is -3.09. The average Bonchev–Trinajstić information content (AvgIpc) is 2.86. The molecule has 0 aromatic carbocycles. The molecule has 4 atom stereocenters. The van der Waals surface area contributed by atoms with Crippen LogP contribution in [0.2, 0.25) is 0 Å². The van der Waals surface area contributed by atoms with E-state index < -0.39 is 30.0 Å². The molecule has 0 radical (unpaired) electrons. The molecule has 5 N–H and O–H groups in total. The highest BCUT2D eigenvalue weighted by Gasteiger charge is 2.40. The Morgan fingerprint density at radius 2 is 1.85 bits per heavy atom. The van der Waals surface area contributed by atoms with Crippen LogP contribution in [0.3, 0.4) is 0 Å². The number of aliphatic hydroxyl groups excluding tert-OH is 4. The molecule has 1 saturated carbocycles. The van der Waals surface area contributed by atoms with E-state index in [0.717, 1.165) is 19.3 Å². The monoisotopic (exact) mass is 384 g/mol. The smallest absolute Gasteiger partial charge is 0.303 e. The van der Waals surface area contributed by atoms with Crippen LogP contribution >= 0.6 is 0 Å². The number of aliphatic carboxylic acids is 1. The quantitative estimate of drug-likeness (QED) is 0.198. The van der Waals surface area contributed by atoms with Gasteiger partial charge in [-0.25, -0.2) is 0 Å². The van der Waals surface area contributed by atoms with Crippen molar-refractivity contribution in [3.63, 3.8) is 0 Å². The lowest BCUT2D eigenvalue weighted by Crippen LogP contribution is -2.20. The molecule has 1 fully saturated rings. The van der Waals surface area contributed by atoms with E-state index >= 15 is 0 Å². The Hall–Kier alpha value is -1.86. The van der Waals surface area contributed by atoms with E-state index in [1.54, 1.807) is 12.2 Å². The molecule has 0 aromatic rings. The number of allylic oxidation sites excluding steroid dienone is 2. The van der Waals surface area contributed by atoms with Crippen molar-refractivity contribution in [1.82, 2.24) is 0 Å². The molecule has 0 spiro atoms. The zero-order valence-corrected chi connectivity index (χ0v) is 15.9. The van der Waals surface area contributed by atoms with E-state index in [9.17, 15) is 30.0 Å². The van der Waals surface area contributed by atoms with Crippen LogP contribution in [0, 0.1) is 11.8 Å². The van der Waals surface area contributed by atoms with Gasteiger partial charge in [-0.05, 0) is 12.8 Å². The molecule has 27 heavy (non-hydrogen) atoms. The predicted molar refractivity (Wildman–Crippen MR) is 100 cm³/mol. The lowest BCUT2D eigenvalue weighted by atomic mass is 9.89. The maximum Gasteiger partial charge on any atom is 0.303 e. The van der Waals surface area contributed by atoms with Crippen LogP contribution < -0.4 is 0 Å². The van der Waals surface area contributed by atoms with Crippen molar-refractivity contribution in [2.24, 2.45) is 11.8 Å². The van der Waals surface area contributed by atoms with Crippen molar-refractivity contribution in [2.45, 2.75) is 76.9 Å². The van der Waals surface area contributed by atoms with Gasteiger partial charge in [0.2, 0.25) is 0 Å². The molecule has 1 aliphatic carbocycles. The minimum Gasteiger partial charge on any atom is -0.509 e. The van der Waals surface area contributed by atoms with E-state index in [0.29, 0.717) is 6.42 Å². The van der Waals surface area contributed by atoms with Gasteiger partial charge in [0.15, 0.2) is 0 Å². The molecule has 0 aromatic heterocycles. The lowest BCUT2D eigenvalue weighted by molar-refractivity contribution is -0.137. The molecule has 154 valence electrons. The topological polar surface area (TPSA) is 135 Å². The summed E-state index contributed by atoms with van der Waals surface area (Å²) in [5.41, 5.74) is 0. The molecule has 0 saturated heterocycles. The molecular formula is C20H32O7. The Kier molecular flexibility index (Phi) is 10.1. The number of Topliss-reactive ketones (excluding diaryl/α,β-unsaturated/α-hetero) is 1. The third kappa shape index (κ3) is 8.13. The summed E-state index contributed by atoms with van der Waals surface area (Å²) in [6.45, 7) is 2.07. The highest BCUT2D eigenvalue weighted by atomic mass is 16.4. The van der Waals surface area contributed by atoms with Gasteiger partial charge in [-0.15, -0.1) is 0 Å². The Morgan fingerprint density at radius 1 is 1.15 bits per heavy atom. The number of unbranched alkanes of at least 4 members (excludes halogenated alkanes) is 2. The summed E-state index contributed by atoms with van der Waals surface area (Å²) in [5, 5.41) is 48.7. The summed E-state index contributed by atoms with van der Waals surface area (Å²) >= 11 is 0. The minimum atomic E-state index is -0.987. The first-order valence-corrected chi connectivity index (χ1v) is 9.65. The Morgan fingerprint density at radius 3 is 2.48 bits per heavy atom. The first-order chi connectivity index (χ1) is 12.8. The SMILES string of the molecule is CCCCCC(O)/C=C/C1C(O)CC(=O)C1C/C(O)=C(\O)CCCC(=O)O. The van der Waals surface area contributed by atoms with Gasteiger partial charge >= 0.3 is 5.97 Å². The summed E-state index contributed by atoms with van der Waals surface area (Å²) in [4.78, 5) is 22.7. The summed E-state index contributed by atoms with van der Waals surface area (Å²) in [6, 6.07) is 0. The number of hydrogen-bond acceptors (Lipinski definition) is 6. The van der Waals surface area contributed by atoms with E-state index in [1.807, 2.05) is 0 Å². The first kappa shape index (κ1) is 23.2. The standard InChI is InChI=1S/C20H32O7/c1-2-3-4-6-13(21)9-10-14-15(18(24)12-17(14)23)11-19(25)16(22)7-5-8-20(26)27/h9-10,13-15,17,21-23,25H,2-8,11-12H2,1H3,(H,26,27)/b10-9+,19-16+. The van der Waals surface area contributed by atoms with Gasteiger partial charge < -0.3 is 25.5 Å². The maximum absolute atomic E-state index is 12.2. The van der Waals surface area contributed by atoms with Crippen molar-refractivity contribution in [1.29, 1.82) is 0 Å². The highest BCUT2D eigenvalue weighted by Crippen LogP contribution is 2.35. The van der Waals surface area contributed by atoms with E-state index in [4.69, 9.17) is 5.11 Å². The Bertz CT molecular complexity index is 553. The molecule has 1 aliphatic rings. The molecule has 0 heterocycles. The fourth-order valence-electron chi connectivity index (χ4n) is 3.32. The van der Waals surface area contributed by atoms with Gasteiger partial charge in [-0.1, -0.05) is 38.3 Å². The van der Waals surface area contributed by atoms with Gasteiger partial charge in [0.1, 0.15) is 17.3 Å². The zero-order valence-electron chi connectivity index (χ0n) is 15.9. The van der Waals surface area contributed by atoms with Gasteiger partial charge in [0.25, 0.3) is 0 Å². The fourth-order valence-corrected chi connectivity index (χ4v) is 3.32. The second-order valence-corrected chi connectivity index (χ2v) is 7.21. The molecule has 4 unspecified atom stereocenters. The number of carbonyl (C=O) groups excluding carboxylic acids is 1. The number of hydrogen-bond donors (Lipinski definition) is 5. The molecule has 7 heteroatoms. The number of aliphatic hydroxyl groups is 4. The van der Waals surface area contributed by atoms with Gasteiger partial charge in [-0.2, -0.15) is 0 Å². The third-order valence-corrected chi connectivity index (χ3v) is 4.94. The molecule has 7 nitrogen and oxygen atoms in total. The lowest BCUT2D eigenvalue weighted by Gasteiger charge is -2.18. The van der Waals surface area contributed by atoms with E-state index in [-0.39, 0.29) is 49.4 Å².